The Morgan fingerprint density at radius 2 is 1.85 bits per heavy atom. The van der Waals surface area contributed by atoms with Gasteiger partial charge in [-0.2, -0.15) is 4.99 Å². The molecule has 2 aliphatic heterocycles. The van der Waals surface area contributed by atoms with Crippen LogP contribution in [0.25, 0.3) is 0 Å². The molecule has 2 N–H and O–H groups in total. The highest BCUT2D eigenvalue weighted by Crippen LogP contribution is 2.29. The average molecular weight is 465 g/mol. The highest BCUT2D eigenvalue weighted by atomic mass is 32.2. The molecular formula is C25H28N4O3S. The van der Waals surface area contributed by atoms with Crippen LogP contribution in [0.5, 0.6) is 0 Å². The minimum atomic E-state index is -0.500. The summed E-state index contributed by atoms with van der Waals surface area (Å²) in [7, 11) is 0. The lowest BCUT2D eigenvalue weighted by Gasteiger charge is -2.27. The molecule has 0 unspecified atom stereocenters. The Labute approximate surface area is 198 Å². The number of rotatable bonds is 6. The number of amidine groups is 1. The summed E-state index contributed by atoms with van der Waals surface area (Å²) in [5, 5.41) is 6.03. The van der Waals surface area contributed by atoms with Gasteiger partial charge in [-0.25, -0.2) is 0 Å². The fourth-order valence-electron chi connectivity index (χ4n) is 3.95. The molecule has 0 radical (unpaired) electrons. The van der Waals surface area contributed by atoms with E-state index in [2.05, 4.69) is 20.5 Å². The largest absolute Gasteiger partial charge is 0.351 e. The quantitative estimate of drug-likeness (QED) is 0.675. The lowest BCUT2D eigenvalue weighted by atomic mass is 10.1. The van der Waals surface area contributed by atoms with Gasteiger partial charge in [-0.15, -0.1) is 0 Å². The van der Waals surface area contributed by atoms with Crippen molar-refractivity contribution in [3.05, 3.63) is 65.7 Å². The normalized spacial score (nSPS) is 19.1. The van der Waals surface area contributed by atoms with Crippen molar-refractivity contribution >= 4 is 40.3 Å². The minimum Gasteiger partial charge on any atom is -0.351 e. The number of nitrogens with zero attached hydrogens (tertiary/aromatic N) is 2. The van der Waals surface area contributed by atoms with Crippen LogP contribution in [0.1, 0.15) is 54.6 Å². The molecule has 8 heteroatoms. The molecule has 1 saturated heterocycles. The molecule has 0 saturated carbocycles. The van der Waals surface area contributed by atoms with Crippen LogP contribution in [-0.4, -0.2) is 46.1 Å². The Bertz CT molecular complexity index is 1050. The monoisotopic (exact) mass is 464 g/mol. The van der Waals surface area contributed by atoms with Crippen molar-refractivity contribution in [1.82, 2.24) is 10.2 Å². The number of nitrogens with one attached hydrogen (secondary N) is 2. The first-order valence-electron chi connectivity index (χ1n) is 11.3. The predicted molar refractivity (Wildman–Crippen MR) is 131 cm³/mol. The first kappa shape index (κ1) is 23.0. The number of hydrogen-bond acceptors (Lipinski definition) is 5. The zero-order chi connectivity index (χ0) is 23.2. The molecule has 2 heterocycles. The third-order valence-electron chi connectivity index (χ3n) is 5.78. The molecule has 1 fully saturated rings. The topological polar surface area (TPSA) is 90.9 Å². The fraction of sp³-hybridized carbons (Fsp3) is 0.360. The Morgan fingerprint density at radius 1 is 1.09 bits per heavy atom. The molecule has 4 rings (SSSR count). The van der Waals surface area contributed by atoms with Crippen molar-refractivity contribution in [2.24, 2.45) is 4.99 Å². The molecule has 2 aromatic carbocycles. The van der Waals surface area contributed by atoms with E-state index in [9.17, 15) is 14.4 Å². The zero-order valence-electron chi connectivity index (χ0n) is 18.6. The Morgan fingerprint density at radius 3 is 2.61 bits per heavy atom. The van der Waals surface area contributed by atoms with Gasteiger partial charge in [-0.1, -0.05) is 48.2 Å². The van der Waals surface area contributed by atoms with Gasteiger partial charge in [-0.05, 0) is 49.9 Å². The maximum atomic E-state index is 12.7. The molecule has 3 amide bonds. The molecule has 0 bridgehead atoms. The second kappa shape index (κ2) is 10.7. The summed E-state index contributed by atoms with van der Waals surface area (Å²) in [5.41, 5.74) is 1.99. The van der Waals surface area contributed by atoms with E-state index < -0.39 is 5.25 Å². The van der Waals surface area contributed by atoms with Crippen LogP contribution in [0.4, 0.5) is 5.69 Å². The molecule has 2 aromatic rings. The van der Waals surface area contributed by atoms with Crippen molar-refractivity contribution in [3.63, 3.8) is 0 Å². The number of benzene rings is 2. The van der Waals surface area contributed by atoms with E-state index in [4.69, 9.17) is 0 Å². The maximum Gasteiger partial charge on any atom is 0.262 e. The van der Waals surface area contributed by atoms with Gasteiger partial charge in [0.2, 0.25) is 5.91 Å². The van der Waals surface area contributed by atoms with E-state index in [1.54, 1.807) is 24.3 Å². The van der Waals surface area contributed by atoms with E-state index in [-0.39, 0.29) is 30.2 Å². The predicted octanol–water partition coefficient (Wildman–Crippen LogP) is 3.99. The molecule has 2 atom stereocenters. The lowest BCUT2D eigenvalue weighted by Crippen LogP contribution is -2.33. The summed E-state index contributed by atoms with van der Waals surface area (Å²) in [6, 6.07) is 16.4. The van der Waals surface area contributed by atoms with Gasteiger partial charge in [0, 0.05) is 30.8 Å². The maximum absolute atomic E-state index is 12.7. The third-order valence-corrected chi connectivity index (χ3v) is 7.00. The van der Waals surface area contributed by atoms with E-state index >= 15 is 0 Å². The summed E-state index contributed by atoms with van der Waals surface area (Å²) < 4.78 is 0. The first-order chi connectivity index (χ1) is 16.0. The standard InChI is InChI=1S/C25H28N4O3S/c1-17(18-9-4-2-5-10-18)26-23(31)19-11-8-12-20(15-19)27-22(30)16-21-24(32)28-25(33-21)29-13-6-3-7-14-29/h2,4-5,8-12,15,17,21H,3,6-7,13-14,16H2,1H3,(H,26,31)(H,27,30)/t17-,21-/m1/s1. The molecule has 0 aliphatic carbocycles. The average Bonchev–Trinajstić information content (AvgIpc) is 3.20. The molecule has 0 spiro atoms. The van der Waals surface area contributed by atoms with Crippen LogP contribution in [0.3, 0.4) is 0 Å². The van der Waals surface area contributed by atoms with Gasteiger partial charge in [-0.3, -0.25) is 14.4 Å². The molecule has 2 aliphatic rings. The van der Waals surface area contributed by atoms with Gasteiger partial charge in [0.1, 0.15) is 5.25 Å². The van der Waals surface area contributed by atoms with Crippen LogP contribution in [0.2, 0.25) is 0 Å². The SMILES string of the molecule is C[C@@H](NC(=O)c1cccc(NC(=O)C[C@H]2SC(N3CCCCC3)=NC2=O)c1)c1ccccc1. The van der Waals surface area contributed by atoms with Crippen molar-refractivity contribution < 1.29 is 14.4 Å². The van der Waals surface area contributed by atoms with Crippen molar-refractivity contribution in [3.8, 4) is 0 Å². The van der Waals surface area contributed by atoms with Crippen LogP contribution < -0.4 is 10.6 Å². The molecule has 0 aromatic heterocycles. The molecule has 33 heavy (non-hydrogen) atoms. The van der Waals surface area contributed by atoms with Crippen LogP contribution >= 0.6 is 11.8 Å². The van der Waals surface area contributed by atoms with Crippen molar-refractivity contribution in [1.29, 1.82) is 0 Å². The van der Waals surface area contributed by atoms with Gasteiger partial charge in [0.25, 0.3) is 11.8 Å². The number of aliphatic imine (C=N–C) groups is 1. The van der Waals surface area contributed by atoms with E-state index in [1.165, 1.54) is 18.2 Å². The summed E-state index contributed by atoms with van der Waals surface area (Å²) in [5.74, 6) is -0.742. The number of carbonyl (C=O) groups is 3. The van der Waals surface area contributed by atoms with Crippen LogP contribution in [0.15, 0.2) is 59.6 Å². The third kappa shape index (κ3) is 6.01. The summed E-state index contributed by atoms with van der Waals surface area (Å²) in [6.45, 7) is 3.75. The van der Waals surface area contributed by atoms with E-state index in [0.29, 0.717) is 11.3 Å². The number of anilines is 1. The summed E-state index contributed by atoms with van der Waals surface area (Å²) >= 11 is 1.38. The van der Waals surface area contributed by atoms with Crippen LogP contribution in [0, 0.1) is 0 Å². The number of likely N-dealkylation sites (tertiary alicyclic amines) is 1. The Balaban J connectivity index is 1.31. The van der Waals surface area contributed by atoms with Crippen molar-refractivity contribution in [2.75, 3.05) is 18.4 Å². The number of amides is 3. The van der Waals surface area contributed by atoms with Crippen LogP contribution in [-0.2, 0) is 9.59 Å². The Kier molecular flexibility index (Phi) is 7.44. The molecule has 172 valence electrons. The highest BCUT2D eigenvalue weighted by molar-refractivity contribution is 8.15. The second-order valence-corrected chi connectivity index (χ2v) is 9.50. The first-order valence-corrected chi connectivity index (χ1v) is 12.2. The highest BCUT2D eigenvalue weighted by Gasteiger charge is 2.33. The van der Waals surface area contributed by atoms with E-state index in [1.807, 2.05) is 37.3 Å². The number of carbonyl (C=O) groups excluding carboxylic acids is 3. The fourth-order valence-corrected chi connectivity index (χ4v) is 5.07. The number of thioether (sulfide) groups is 1. The van der Waals surface area contributed by atoms with Gasteiger partial charge in [0.15, 0.2) is 5.17 Å². The molecule has 7 nitrogen and oxygen atoms in total. The zero-order valence-corrected chi connectivity index (χ0v) is 19.4. The van der Waals surface area contributed by atoms with Gasteiger partial charge in [0.05, 0.1) is 6.04 Å². The number of hydrogen-bond donors (Lipinski definition) is 2. The van der Waals surface area contributed by atoms with Gasteiger partial charge < -0.3 is 15.5 Å². The lowest BCUT2D eigenvalue weighted by molar-refractivity contribution is -0.121. The van der Waals surface area contributed by atoms with Crippen molar-refractivity contribution in [2.45, 2.75) is 43.9 Å². The Hall–Kier alpha value is -3.13. The summed E-state index contributed by atoms with van der Waals surface area (Å²) in [4.78, 5) is 43.9. The van der Waals surface area contributed by atoms with Gasteiger partial charge >= 0.3 is 0 Å². The number of piperidine rings is 1. The van der Waals surface area contributed by atoms with E-state index in [0.717, 1.165) is 36.7 Å². The minimum absolute atomic E-state index is 0.0474. The smallest absolute Gasteiger partial charge is 0.262 e. The second-order valence-electron chi connectivity index (χ2n) is 8.33. The molecular weight excluding hydrogens is 436 g/mol. The summed E-state index contributed by atoms with van der Waals surface area (Å²) in [6.07, 6.45) is 3.46.